The van der Waals surface area contributed by atoms with E-state index in [1.54, 1.807) is 77.2 Å². The Labute approximate surface area is 278 Å². The molecule has 0 N–H and O–H groups in total. The van der Waals surface area contributed by atoms with E-state index in [2.05, 4.69) is 0 Å². The van der Waals surface area contributed by atoms with E-state index < -0.39 is 6.29 Å². The molecule has 0 atom stereocenters. The lowest BCUT2D eigenvalue weighted by Crippen LogP contribution is -2.19. The van der Waals surface area contributed by atoms with Crippen molar-refractivity contribution in [2.75, 3.05) is 98.3 Å². The zero-order valence-electron chi connectivity index (χ0n) is 29.4. The highest BCUT2D eigenvalue weighted by Gasteiger charge is 2.30. The molecule has 268 valence electrons. The van der Waals surface area contributed by atoms with Crippen molar-refractivity contribution < 1.29 is 66.3 Å². The quantitative estimate of drug-likeness (QED) is 0.101. The molecule has 0 spiro atoms. The molecule has 2 rings (SSSR count). The van der Waals surface area contributed by atoms with Crippen LogP contribution in [0.5, 0.6) is 46.0 Å². The molecule has 0 fully saturated rings. The first-order chi connectivity index (χ1) is 22.9. The molecule has 0 bridgehead atoms. The molecule has 14 nitrogen and oxygen atoms in total. The minimum absolute atomic E-state index is 0.00439. The van der Waals surface area contributed by atoms with Gasteiger partial charge in [0.15, 0.2) is 79.5 Å². The second-order valence-corrected chi connectivity index (χ2v) is 9.97. The highest BCUT2D eigenvalue weighted by molar-refractivity contribution is 5.67. The minimum Gasteiger partial charge on any atom is -0.493 e. The zero-order chi connectivity index (χ0) is 34.6. The Morgan fingerprint density at radius 1 is 0.426 bits per heavy atom. The van der Waals surface area contributed by atoms with Crippen LogP contribution >= 0.6 is 0 Å². The Hall–Kier alpha value is -3.40. The molecule has 0 aliphatic carbocycles. The second-order valence-electron chi connectivity index (χ2n) is 9.97. The van der Waals surface area contributed by atoms with Gasteiger partial charge in [-0.2, -0.15) is 0 Å². The topological polar surface area (TPSA) is 129 Å². The largest absolute Gasteiger partial charge is 0.493 e. The van der Waals surface area contributed by atoms with Crippen molar-refractivity contribution in [2.45, 2.75) is 44.8 Å². The summed E-state index contributed by atoms with van der Waals surface area (Å²) in [7, 11) is 15.6. The highest BCUT2D eigenvalue weighted by Crippen LogP contribution is 2.50. The molecule has 0 radical (unpaired) electrons. The van der Waals surface area contributed by atoms with Crippen LogP contribution in [0.15, 0.2) is 6.07 Å². The first kappa shape index (κ1) is 39.8. The number of methoxy groups -OCH3 is 10. The van der Waals surface area contributed by atoms with Crippen molar-refractivity contribution >= 4 is 0 Å². The lowest BCUT2D eigenvalue weighted by Gasteiger charge is -2.26. The predicted molar refractivity (Wildman–Crippen MR) is 172 cm³/mol. The number of benzene rings is 2. The van der Waals surface area contributed by atoms with Crippen molar-refractivity contribution in [1.82, 2.24) is 0 Å². The van der Waals surface area contributed by atoms with E-state index in [0.717, 1.165) is 30.4 Å². The normalized spacial score (nSPS) is 11.0. The molecule has 0 unspecified atom stereocenters. The molecule has 2 aromatic rings. The smallest absolute Gasteiger partial charge is 0.188 e. The van der Waals surface area contributed by atoms with E-state index in [0.29, 0.717) is 70.8 Å². The number of ether oxygens (including phenoxy) is 14. The number of rotatable bonds is 26. The number of unbranched alkanes of at least 4 members (excludes halogenated alkanes) is 2. The summed E-state index contributed by atoms with van der Waals surface area (Å²) in [4.78, 5) is 0. The molecule has 47 heavy (non-hydrogen) atoms. The summed E-state index contributed by atoms with van der Waals surface area (Å²) in [5, 5.41) is 0. The Morgan fingerprint density at radius 3 is 1.34 bits per heavy atom. The molecule has 2 aromatic carbocycles. The molecule has 14 heteroatoms. The SMILES string of the molecule is COCOc1cc(OC)c(OCOC)c(CCCCCc2c(OC)c(OCOC)c(CC(OC)OC)c(OC)c2OCOC)c1OC. The van der Waals surface area contributed by atoms with E-state index >= 15 is 0 Å². The summed E-state index contributed by atoms with van der Waals surface area (Å²) >= 11 is 0. The minimum atomic E-state index is -0.577. The van der Waals surface area contributed by atoms with E-state index in [1.807, 2.05) is 0 Å². The molecule has 0 heterocycles. The van der Waals surface area contributed by atoms with Gasteiger partial charge in [0.25, 0.3) is 0 Å². The van der Waals surface area contributed by atoms with Crippen LogP contribution in [0.1, 0.15) is 36.0 Å². The van der Waals surface area contributed by atoms with Crippen molar-refractivity contribution in [3.8, 4) is 46.0 Å². The van der Waals surface area contributed by atoms with Crippen molar-refractivity contribution in [3.05, 3.63) is 22.8 Å². The van der Waals surface area contributed by atoms with Gasteiger partial charge >= 0.3 is 0 Å². The van der Waals surface area contributed by atoms with Crippen molar-refractivity contribution in [3.63, 3.8) is 0 Å². The first-order valence-corrected chi connectivity index (χ1v) is 15.0. The molecule has 0 aliphatic rings. The van der Waals surface area contributed by atoms with Crippen LogP contribution in [0, 0.1) is 0 Å². The van der Waals surface area contributed by atoms with Gasteiger partial charge in [-0.15, -0.1) is 0 Å². The predicted octanol–water partition coefficient (Wildman–Crippen LogP) is 4.77. The van der Waals surface area contributed by atoms with Gasteiger partial charge in [0.1, 0.15) is 0 Å². The maximum atomic E-state index is 6.10. The lowest BCUT2D eigenvalue weighted by molar-refractivity contribution is -0.101. The Bertz CT molecular complexity index is 1190. The summed E-state index contributed by atoms with van der Waals surface area (Å²) < 4.78 is 78.9. The second kappa shape index (κ2) is 22.2. The first-order valence-electron chi connectivity index (χ1n) is 15.0. The van der Waals surface area contributed by atoms with E-state index in [-0.39, 0.29) is 27.2 Å². The van der Waals surface area contributed by atoms with Crippen molar-refractivity contribution in [1.29, 1.82) is 0 Å². The van der Waals surface area contributed by atoms with Crippen LogP contribution in [0.25, 0.3) is 0 Å². The lowest BCUT2D eigenvalue weighted by atomic mass is 9.97. The van der Waals surface area contributed by atoms with Gasteiger partial charge in [-0.25, -0.2) is 0 Å². The molecule has 0 aliphatic heterocycles. The molecule has 0 aromatic heterocycles. The summed E-state index contributed by atoms with van der Waals surface area (Å²) in [5.74, 6) is 3.95. The van der Waals surface area contributed by atoms with Gasteiger partial charge in [0, 0.05) is 71.8 Å². The maximum Gasteiger partial charge on any atom is 0.188 e. The Morgan fingerprint density at radius 2 is 0.872 bits per heavy atom. The van der Waals surface area contributed by atoms with Gasteiger partial charge in [-0.1, -0.05) is 6.42 Å². The molecule has 0 saturated heterocycles. The Balaban J connectivity index is 2.46. The molecule has 0 amide bonds. The Kier molecular flexibility index (Phi) is 18.8. The van der Waals surface area contributed by atoms with Gasteiger partial charge in [0.2, 0.25) is 0 Å². The van der Waals surface area contributed by atoms with Crippen LogP contribution < -0.4 is 37.9 Å². The summed E-state index contributed by atoms with van der Waals surface area (Å²) in [6.45, 7) is 0.0640. The van der Waals surface area contributed by atoms with Gasteiger partial charge in [-0.3, -0.25) is 0 Å². The van der Waals surface area contributed by atoms with Gasteiger partial charge in [0.05, 0.1) is 28.4 Å². The van der Waals surface area contributed by atoms with Crippen LogP contribution in [-0.2, 0) is 47.7 Å². The molecule has 0 saturated carbocycles. The average Bonchev–Trinajstić information content (AvgIpc) is 3.09. The fraction of sp³-hybridized carbons (Fsp3) is 0.636. The van der Waals surface area contributed by atoms with Gasteiger partial charge in [-0.05, 0) is 25.7 Å². The summed E-state index contributed by atoms with van der Waals surface area (Å²) in [6.07, 6.45) is 3.25. The van der Waals surface area contributed by atoms with E-state index in [4.69, 9.17) is 66.3 Å². The summed E-state index contributed by atoms with van der Waals surface area (Å²) in [6, 6.07) is 1.71. The van der Waals surface area contributed by atoms with Crippen LogP contribution in [-0.4, -0.2) is 105 Å². The number of hydrogen-bond acceptors (Lipinski definition) is 14. The fourth-order valence-corrected chi connectivity index (χ4v) is 5.11. The highest BCUT2D eigenvalue weighted by atomic mass is 16.7. The van der Waals surface area contributed by atoms with Gasteiger partial charge < -0.3 is 66.3 Å². The monoisotopic (exact) mass is 672 g/mol. The third-order valence-electron chi connectivity index (χ3n) is 7.14. The fourth-order valence-electron chi connectivity index (χ4n) is 5.11. The molecular formula is C33H52O14. The van der Waals surface area contributed by atoms with Crippen molar-refractivity contribution in [2.24, 2.45) is 0 Å². The van der Waals surface area contributed by atoms with E-state index in [9.17, 15) is 0 Å². The molecular weight excluding hydrogens is 620 g/mol. The van der Waals surface area contributed by atoms with Crippen LogP contribution in [0.3, 0.4) is 0 Å². The third kappa shape index (κ3) is 10.8. The number of hydrogen-bond donors (Lipinski definition) is 0. The standard InChI is InChI=1S/C33H52O14/c1-34-18-44-26-17-25(38-5)29(45-19-35-2)22(28(26)41-8)14-12-11-13-15-23-30(42-9)33(47-21-37-4)24(16-27(39-6)40-7)31(43-10)32(23)46-20-36-3/h17,27H,11-16,18-21H2,1-10H3. The third-order valence-corrected chi connectivity index (χ3v) is 7.14. The van der Waals surface area contributed by atoms with Crippen LogP contribution in [0.4, 0.5) is 0 Å². The van der Waals surface area contributed by atoms with E-state index in [1.165, 1.54) is 0 Å². The summed E-state index contributed by atoms with van der Waals surface area (Å²) in [5.41, 5.74) is 2.20. The maximum absolute atomic E-state index is 6.10. The zero-order valence-corrected chi connectivity index (χ0v) is 29.4. The average molecular weight is 673 g/mol. The van der Waals surface area contributed by atoms with Crippen LogP contribution in [0.2, 0.25) is 0 Å².